The average molecular weight is 684 g/mol. The summed E-state index contributed by atoms with van der Waals surface area (Å²) in [6.45, 7) is 8.34. The normalized spacial score (nSPS) is 18.0. The van der Waals surface area contributed by atoms with Gasteiger partial charge in [-0.3, -0.25) is 10.0 Å². The molecule has 46 heavy (non-hydrogen) atoms. The zero-order valence-corrected chi connectivity index (χ0v) is 31.6. The van der Waals surface area contributed by atoms with E-state index >= 15 is 0 Å². The van der Waals surface area contributed by atoms with Crippen LogP contribution in [0.5, 0.6) is 0 Å². The third-order valence-electron chi connectivity index (χ3n) is 8.53. The van der Waals surface area contributed by atoms with E-state index in [9.17, 15) is 18.2 Å². The third kappa shape index (κ3) is 7.27. The van der Waals surface area contributed by atoms with Gasteiger partial charge in [-0.1, -0.05) is 38.2 Å². The second-order valence-corrected chi connectivity index (χ2v) is 14.1. The van der Waals surface area contributed by atoms with E-state index in [1.165, 1.54) is 12.1 Å². The largest absolute Gasteiger partial charge is 1.00 e. The molecule has 3 heterocycles. The van der Waals surface area contributed by atoms with Crippen molar-refractivity contribution >= 4 is 44.8 Å². The molecule has 0 amide bonds. The van der Waals surface area contributed by atoms with Gasteiger partial charge in [0.15, 0.2) is 5.71 Å². The van der Waals surface area contributed by atoms with Gasteiger partial charge >= 0.3 is 51.4 Å². The number of benzene rings is 2. The molecule has 0 fully saturated rings. The van der Waals surface area contributed by atoms with Crippen LogP contribution in [-0.2, 0) is 30.3 Å². The zero-order chi connectivity index (χ0) is 32.6. The van der Waals surface area contributed by atoms with Crippen molar-refractivity contribution < 1.29 is 83.6 Å². The Bertz CT molecular complexity index is 1900. The molecule has 0 spiro atoms. The fraction of sp³-hybridized carbons (Fsp3) is 0.235. The van der Waals surface area contributed by atoms with Crippen LogP contribution in [0.15, 0.2) is 113 Å². The fourth-order valence-corrected chi connectivity index (χ4v) is 7.06. The first kappa shape index (κ1) is 36.6. The van der Waals surface area contributed by atoms with Crippen LogP contribution in [0.1, 0.15) is 44.4 Å². The molecule has 2 aliphatic rings. The molecule has 0 unspecified atom stereocenters. The smallest absolute Gasteiger partial charge is 0.744 e. The molecule has 0 saturated heterocycles. The molecule has 9 nitrogen and oxygen atoms in total. The number of allylic oxidation sites excluding steroid dienone is 8. The fourth-order valence-electron chi connectivity index (χ4n) is 6.17. The summed E-state index contributed by atoms with van der Waals surface area (Å²) in [5, 5.41) is 13.8. The molecule has 0 aliphatic carbocycles. The van der Waals surface area contributed by atoms with Crippen LogP contribution in [0.3, 0.4) is 0 Å². The molecule has 0 radical (unpaired) electrons. The second kappa shape index (κ2) is 14.5. The van der Waals surface area contributed by atoms with Crippen molar-refractivity contribution in [3.63, 3.8) is 0 Å². The Morgan fingerprint density at radius 2 is 1.72 bits per heavy atom. The van der Waals surface area contributed by atoms with E-state index in [0.717, 1.165) is 62.0 Å². The molecule has 1 aromatic heterocycles. The quantitative estimate of drug-likeness (QED) is 0.0639. The number of nitrogens with zero attached hydrogens (tertiary/aromatic N) is 3. The van der Waals surface area contributed by atoms with E-state index in [2.05, 4.69) is 44.9 Å². The molecule has 0 N–H and O–H groups in total. The third-order valence-corrected chi connectivity index (χ3v) is 9.93. The summed E-state index contributed by atoms with van der Waals surface area (Å²) in [5.74, 6) is 0. The van der Waals surface area contributed by atoms with Gasteiger partial charge in [-0.05, 0) is 79.1 Å². The van der Waals surface area contributed by atoms with Gasteiger partial charge in [-0.25, -0.2) is 8.42 Å². The van der Waals surface area contributed by atoms with Gasteiger partial charge in [0.1, 0.15) is 17.2 Å². The van der Waals surface area contributed by atoms with E-state index in [-0.39, 0.29) is 61.7 Å². The molecule has 5 rings (SSSR count). The SMILES string of the molecule is CN1C(=CC=CC(=CC=CC2=[N+](C)c3ccc(SOO[O-])cc3C2(C)C)c2ccncc2)C(C)(C)c2cc(S(=O)(=O)[O-])ccc21.[K+]. The number of fused-ring (bicyclic) bond motifs is 2. The van der Waals surface area contributed by atoms with Crippen LogP contribution in [0.25, 0.3) is 5.57 Å². The first-order valence-corrected chi connectivity index (χ1v) is 16.3. The van der Waals surface area contributed by atoms with Gasteiger partial charge in [0.05, 0.1) is 22.4 Å². The second-order valence-electron chi connectivity index (χ2n) is 11.9. The van der Waals surface area contributed by atoms with Gasteiger partial charge in [0, 0.05) is 58.8 Å². The zero-order valence-electron chi connectivity index (χ0n) is 26.8. The van der Waals surface area contributed by atoms with Crippen LogP contribution in [0.4, 0.5) is 11.4 Å². The number of rotatable bonds is 9. The average Bonchev–Trinajstić information content (AvgIpc) is 3.32. The van der Waals surface area contributed by atoms with Crippen molar-refractivity contribution in [1.29, 1.82) is 0 Å². The monoisotopic (exact) mass is 683 g/mol. The van der Waals surface area contributed by atoms with Gasteiger partial charge in [0.25, 0.3) is 0 Å². The van der Waals surface area contributed by atoms with Gasteiger partial charge in [-0.2, -0.15) is 8.91 Å². The van der Waals surface area contributed by atoms with Crippen molar-refractivity contribution in [2.24, 2.45) is 0 Å². The van der Waals surface area contributed by atoms with Crippen molar-refractivity contribution in [2.45, 2.75) is 48.3 Å². The maximum absolute atomic E-state index is 11.7. The summed E-state index contributed by atoms with van der Waals surface area (Å²) < 4.78 is 41.7. The van der Waals surface area contributed by atoms with Crippen molar-refractivity contribution in [2.75, 3.05) is 19.0 Å². The van der Waals surface area contributed by atoms with Crippen LogP contribution in [-0.4, -0.2) is 42.3 Å². The minimum absolute atomic E-state index is 0. The molecule has 0 atom stereocenters. The number of pyridine rings is 1. The Morgan fingerprint density at radius 1 is 1.00 bits per heavy atom. The predicted octanol–water partition coefficient (Wildman–Crippen LogP) is 2.73. The Hall–Kier alpha value is -2.20. The first-order chi connectivity index (χ1) is 21.3. The number of anilines is 1. The Balaban J connectivity index is 0.00000480. The predicted molar refractivity (Wildman–Crippen MR) is 173 cm³/mol. The molecule has 0 bridgehead atoms. The van der Waals surface area contributed by atoms with Crippen LogP contribution in [0, 0.1) is 0 Å². The topological polar surface area (TPSA) is 118 Å². The minimum Gasteiger partial charge on any atom is -0.744 e. The number of hydrogen-bond acceptors (Lipinski definition) is 9. The molecule has 3 aromatic rings. The molecule has 2 aliphatic heterocycles. The number of aromatic nitrogens is 1. The van der Waals surface area contributed by atoms with Gasteiger partial charge in [-0.15, -0.1) is 0 Å². The van der Waals surface area contributed by atoms with E-state index in [1.54, 1.807) is 18.5 Å². The van der Waals surface area contributed by atoms with Crippen molar-refractivity contribution in [3.05, 3.63) is 120 Å². The molecule has 234 valence electrons. The maximum Gasteiger partial charge on any atom is 1.00 e. The van der Waals surface area contributed by atoms with Crippen LogP contribution in [0.2, 0.25) is 0 Å². The Kier molecular flexibility index (Phi) is 11.5. The Labute approximate surface area is 317 Å². The summed E-state index contributed by atoms with van der Waals surface area (Å²) in [6, 6.07) is 14.3. The number of hydrogen-bond donors (Lipinski definition) is 0. The molecule has 12 heteroatoms. The first-order valence-electron chi connectivity index (χ1n) is 14.2. The van der Waals surface area contributed by atoms with Gasteiger partial charge < -0.3 is 14.7 Å². The maximum atomic E-state index is 11.7. The van der Waals surface area contributed by atoms with Crippen LogP contribution >= 0.6 is 12.0 Å². The molecular formula is C34H34KN3O6S2. The van der Waals surface area contributed by atoms with E-state index in [1.807, 2.05) is 87.5 Å². The van der Waals surface area contributed by atoms with E-state index < -0.39 is 15.5 Å². The van der Waals surface area contributed by atoms with Crippen molar-refractivity contribution in [1.82, 2.24) is 4.98 Å². The molecule has 0 saturated carbocycles. The van der Waals surface area contributed by atoms with Crippen molar-refractivity contribution in [3.8, 4) is 0 Å². The molecule has 2 aromatic carbocycles. The summed E-state index contributed by atoms with van der Waals surface area (Å²) in [7, 11) is -0.597. The standard InChI is InChI=1S/C34H35N3O6S2.K/c1-33(2)27-21-25(44-43-42-38)13-15-29(27)36(5)31(33)11-7-9-23(24-17-19-35-20-18-24)10-8-12-32-34(3,4)28-22-26(45(39,40)41)14-16-30(28)37(32)6;/h7-22H,1-6H3,(H-,38,39,40,41);/q;+1/p-1. The Morgan fingerprint density at radius 3 is 2.39 bits per heavy atom. The minimum atomic E-state index is -4.56. The number of likely N-dealkylation sites (N-methyl/N-ethyl adjacent to an activating group) is 1. The summed E-state index contributed by atoms with van der Waals surface area (Å²) in [5.41, 5.74) is 7.02. The molecular weight excluding hydrogens is 650 g/mol. The summed E-state index contributed by atoms with van der Waals surface area (Å²) >= 11 is 0.876. The van der Waals surface area contributed by atoms with Crippen LogP contribution < -0.4 is 61.5 Å². The van der Waals surface area contributed by atoms with Gasteiger partial charge in [0.2, 0.25) is 5.69 Å². The summed E-state index contributed by atoms with van der Waals surface area (Å²) in [6.07, 6.45) is 15.7. The summed E-state index contributed by atoms with van der Waals surface area (Å²) in [4.78, 5) is 6.73. The van der Waals surface area contributed by atoms with E-state index in [0.29, 0.717) is 0 Å². The van der Waals surface area contributed by atoms with E-state index in [4.69, 9.17) is 0 Å².